The highest BCUT2D eigenvalue weighted by molar-refractivity contribution is 5.97. The summed E-state index contributed by atoms with van der Waals surface area (Å²) in [6.07, 6.45) is 2.52. The zero-order valence-corrected chi connectivity index (χ0v) is 19.5. The van der Waals surface area contributed by atoms with Crippen molar-refractivity contribution >= 4 is 11.6 Å². The number of nitrogens with zero attached hydrogens (tertiary/aromatic N) is 3. The fraction of sp³-hybridized carbons (Fsp3) is 0.520. The van der Waals surface area contributed by atoms with E-state index in [0.717, 1.165) is 35.6 Å². The maximum atomic E-state index is 13.5. The zero-order valence-electron chi connectivity index (χ0n) is 19.5. The minimum absolute atomic E-state index is 0.113. The third-order valence-corrected chi connectivity index (χ3v) is 6.53. The van der Waals surface area contributed by atoms with Crippen LogP contribution in [-0.4, -0.2) is 72.9 Å². The normalized spacial score (nSPS) is 22.7. The number of phenols is 1. The molecule has 0 aliphatic carbocycles. The number of fused-ring (bicyclic) bond motifs is 1. The predicted octanol–water partition coefficient (Wildman–Crippen LogP) is 2.31. The van der Waals surface area contributed by atoms with Crippen molar-refractivity contribution in [2.45, 2.75) is 44.7 Å². The summed E-state index contributed by atoms with van der Waals surface area (Å²) in [5, 5.41) is 13.3. The third kappa shape index (κ3) is 4.80. The van der Waals surface area contributed by atoms with Crippen LogP contribution in [-0.2, 0) is 21.4 Å². The first kappa shape index (κ1) is 22.7. The summed E-state index contributed by atoms with van der Waals surface area (Å²) in [4.78, 5) is 22.3. The molecule has 1 aromatic heterocycles. The Kier molecular flexibility index (Phi) is 6.51. The summed E-state index contributed by atoms with van der Waals surface area (Å²) in [6, 6.07) is 9.80. The van der Waals surface area contributed by atoms with Gasteiger partial charge in [0.1, 0.15) is 5.75 Å². The van der Waals surface area contributed by atoms with Crippen LogP contribution < -0.4 is 10.2 Å². The summed E-state index contributed by atoms with van der Waals surface area (Å²) in [5.41, 5.74) is 3.79. The molecule has 0 saturated carbocycles. The van der Waals surface area contributed by atoms with Crippen molar-refractivity contribution in [3.05, 3.63) is 53.3 Å². The zero-order chi connectivity index (χ0) is 22.9. The maximum Gasteiger partial charge on any atom is 0.241 e. The summed E-state index contributed by atoms with van der Waals surface area (Å²) < 4.78 is 5.39. The van der Waals surface area contributed by atoms with Crippen molar-refractivity contribution < 1.29 is 14.6 Å². The fourth-order valence-corrected chi connectivity index (χ4v) is 4.83. The van der Waals surface area contributed by atoms with Crippen LogP contribution in [0.5, 0.6) is 5.75 Å². The number of pyridine rings is 1. The van der Waals surface area contributed by atoms with E-state index in [1.165, 1.54) is 0 Å². The van der Waals surface area contributed by atoms with E-state index < -0.39 is 0 Å². The van der Waals surface area contributed by atoms with Gasteiger partial charge in [0.25, 0.3) is 0 Å². The van der Waals surface area contributed by atoms with Gasteiger partial charge < -0.3 is 20.1 Å². The van der Waals surface area contributed by atoms with Crippen molar-refractivity contribution in [2.24, 2.45) is 0 Å². The van der Waals surface area contributed by atoms with E-state index in [1.807, 2.05) is 29.3 Å². The Labute approximate surface area is 190 Å². The van der Waals surface area contributed by atoms with Crippen LogP contribution in [0.3, 0.4) is 0 Å². The summed E-state index contributed by atoms with van der Waals surface area (Å²) in [5.74, 6) is 0.360. The molecule has 172 valence electrons. The molecule has 3 heterocycles. The molecule has 2 aliphatic rings. The predicted molar refractivity (Wildman–Crippen MR) is 125 cm³/mol. The number of carbonyl (C=O) groups is 1. The second kappa shape index (κ2) is 9.17. The van der Waals surface area contributed by atoms with Crippen molar-refractivity contribution in [3.63, 3.8) is 0 Å². The number of benzene rings is 1. The molecule has 1 saturated heterocycles. The van der Waals surface area contributed by atoms with Crippen LogP contribution in [0.1, 0.15) is 37.6 Å². The lowest BCUT2D eigenvalue weighted by Crippen LogP contribution is -2.59. The van der Waals surface area contributed by atoms with Crippen LogP contribution in [0.4, 0.5) is 5.69 Å². The van der Waals surface area contributed by atoms with E-state index in [4.69, 9.17) is 4.74 Å². The summed E-state index contributed by atoms with van der Waals surface area (Å²) >= 11 is 0. The van der Waals surface area contributed by atoms with Gasteiger partial charge in [-0.25, -0.2) is 0 Å². The van der Waals surface area contributed by atoms with E-state index >= 15 is 0 Å². The van der Waals surface area contributed by atoms with Gasteiger partial charge in [-0.15, -0.1) is 0 Å². The van der Waals surface area contributed by atoms with Crippen molar-refractivity contribution in [1.82, 2.24) is 15.2 Å². The first-order valence-electron chi connectivity index (χ1n) is 11.3. The van der Waals surface area contributed by atoms with Crippen LogP contribution in [0.2, 0.25) is 0 Å². The summed E-state index contributed by atoms with van der Waals surface area (Å²) in [6.45, 7) is 9.74. The lowest BCUT2D eigenvalue weighted by atomic mass is 9.88. The molecule has 32 heavy (non-hydrogen) atoms. The number of hydrogen-bond donors (Lipinski definition) is 2. The first-order chi connectivity index (χ1) is 15.3. The average Bonchev–Trinajstić information content (AvgIpc) is 3.01. The number of methoxy groups -OCH3 is 1. The Hall–Kier alpha value is -2.48. The molecule has 1 aromatic carbocycles. The molecule has 4 rings (SSSR count). The number of phenolic OH excluding ortho intramolecular Hbond substituents is 1. The Morgan fingerprint density at radius 2 is 2.16 bits per heavy atom. The van der Waals surface area contributed by atoms with Gasteiger partial charge >= 0.3 is 0 Å². The highest BCUT2D eigenvalue weighted by atomic mass is 16.5. The van der Waals surface area contributed by atoms with E-state index in [-0.39, 0.29) is 23.1 Å². The van der Waals surface area contributed by atoms with E-state index in [2.05, 4.69) is 36.0 Å². The van der Waals surface area contributed by atoms with Gasteiger partial charge in [0.05, 0.1) is 18.8 Å². The third-order valence-electron chi connectivity index (χ3n) is 6.53. The van der Waals surface area contributed by atoms with Gasteiger partial charge in [-0.05, 0) is 30.7 Å². The van der Waals surface area contributed by atoms with Gasteiger partial charge in [0.2, 0.25) is 5.91 Å². The quantitative estimate of drug-likeness (QED) is 0.721. The smallest absolute Gasteiger partial charge is 0.241 e. The standard InChI is InChI=1S/C25H34N4O3/c1-17-13-28(20(11-26-17)15-32-4)14-24(31)29-16-25(2,3)22-12-27-19(10-23(22)29)8-18-6-5-7-21(30)9-18/h5-7,9-10,12,17,20,26,30H,8,11,13-16H2,1-4H3/t17-,20-/m1/s1. The number of carbonyl (C=O) groups excluding carboxylic acids is 1. The molecule has 2 N–H and O–H groups in total. The fourth-order valence-electron chi connectivity index (χ4n) is 4.83. The van der Waals surface area contributed by atoms with Gasteiger partial charge in [0.15, 0.2) is 0 Å². The number of nitrogens with one attached hydrogen (secondary N) is 1. The van der Waals surface area contributed by atoms with E-state index in [1.54, 1.807) is 19.2 Å². The topological polar surface area (TPSA) is 77.9 Å². The van der Waals surface area contributed by atoms with Crippen molar-refractivity contribution in [3.8, 4) is 5.75 Å². The number of anilines is 1. The molecule has 1 fully saturated rings. The van der Waals surface area contributed by atoms with Gasteiger partial charge in [-0.1, -0.05) is 26.0 Å². The van der Waals surface area contributed by atoms with E-state index in [0.29, 0.717) is 32.2 Å². The monoisotopic (exact) mass is 438 g/mol. The lowest BCUT2D eigenvalue weighted by Gasteiger charge is -2.39. The van der Waals surface area contributed by atoms with Gasteiger partial charge in [-0.2, -0.15) is 0 Å². The lowest BCUT2D eigenvalue weighted by molar-refractivity contribution is -0.121. The number of rotatable bonds is 6. The Morgan fingerprint density at radius 3 is 2.91 bits per heavy atom. The number of ether oxygens (including phenoxy) is 1. The molecular formula is C25H34N4O3. The Bertz CT molecular complexity index is 977. The van der Waals surface area contributed by atoms with Crippen LogP contribution in [0.15, 0.2) is 36.5 Å². The minimum Gasteiger partial charge on any atom is -0.508 e. The largest absolute Gasteiger partial charge is 0.508 e. The van der Waals surface area contributed by atoms with Gasteiger partial charge in [0, 0.05) is 68.1 Å². The first-order valence-corrected chi connectivity index (χ1v) is 11.3. The number of hydrogen-bond acceptors (Lipinski definition) is 6. The molecular weight excluding hydrogens is 404 g/mol. The Morgan fingerprint density at radius 1 is 1.34 bits per heavy atom. The van der Waals surface area contributed by atoms with Crippen molar-refractivity contribution in [2.75, 3.05) is 44.8 Å². The molecule has 2 aliphatic heterocycles. The number of aromatic nitrogens is 1. The molecule has 7 nitrogen and oxygen atoms in total. The maximum absolute atomic E-state index is 13.5. The van der Waals surface area contributed by atoms with E-state index in [9.17, 15) is 9.90 Å². The molecule has 0 radical (unpaired) electrons. The molecule has 2 atom stereocenters. The highest BCUT2D eigenvalue weighted by Crippen LogP contribution is 2.40. The molecule has 0 bridgehead atoms. The highest BCUT2D eigenvalue weighted by Gasteiger charge is 2.39. The molecule has 0 unspecified atom stereocenters. The molecule has 7 heteroatoms. The van der Waals surface area contributed by atoms with Crippen molar-refractivity contribution in [1.29, 1.82) is 0 Å². The van der Waals surface area contributed by atoms with Crippen LogP contribution in [0, 0.1) is 0 Å². The van der Waals surface area contributed by atoms with Crippen LogP contribution in [0.25, 0.3) is 0 Å². The second-order valence-corrected chi connectivity index (χ2v) is 9.75. The second-order valence-electron chi connectivity index (χ2n) is 9.75. The average molecular weight is 439 g/mol. The van der Waals surface area contributed by atoms with Gasteiger partial charge in [-0.3, -0.25) is 14.7 Å². The SMILES string of the molecule is COC[C@H]1CN[C@H](C)CN1CC(=O)N1CC(C)(C)c2cnc(Cc3cccc(O)c3)cc21. The molecule has 1 amide bonds. The summed E-state index contributed by atoms with van der Waals surface area (Å²) in [7, 11) is 1.71. The number of aromatic hydroxyl groups is 1. The minimum atomic E-state index is -0.149. The molecule has 0 spiro atoms. The number of piperazine rings is 1. The number of amides is 1. The Balaban J connectivity index is 1.56. The van der Waals surface area contributed by atoms with Crippen LogP contribution >= 0.6 is 0 Å². The molecule has 2 aromatic rings.